The Bertz CT molecular complexity index is 333. The summed E-state index contributed by atoms with van der Waals surface area (Å²) in [5, 5.41) is 8.54. The molecule has 0 bridgehead atoms. The van der Waals surface area contributed by atoms with E-state index in [1.165, 1.54) is 4.90 Å². The maximum absolute atomic E-state index is 11.8. The van der Waals surface area contributed by atoms with Gasteiger partial charge < -0.3 is 26.2 Å². The molecule has 2 atom stereocenters. The smallest absolute Gasteiger partial charge is 0.305 e. The zero-order chi connectivity index (χ0) is 13.0. The minimum atomic E-state index is -1.17. The van der Waals surface area contributed by atoms with Crippen LogP contribution < -0.4 is 11.5 Å². The van der Waals surface area contributed by atoms with Crippen molar-refractivity contribution in [1.29, 1.82) is 0 Å². The predicted molar refractivity (Wildman–Crippen MR) is 55.7 cm³/mol. The van der Waals surface area contributed by atoms with Crippen LogP contribution in [0.4, 0.5) is 0 Å². The largest absolute Gasteiger partial charge is 0.481 e. The maximum Gasteiger partial charge on any atom is 0.305 e. The van der Waals surface area contributed by atoms with E-state index in [-0.39, 0.29) is 19.8 Å². The number of hydrogen-bond donors (Lipinski definition) is 3. The van der Waals surface area contributed by atoms with Gasteiger partial charge in [0.2, 0.25) is 11.8 Å². The second-order valence-electron chi connectivity index (χ2n) is 3.73. The van der Waals surface area contributed by atoms with Crippen molar-refractivity contribution < 1.29 is 24.2 Å². The zero-order valence-electron chi connectivity index (χ0n) is 9.17. The Labute approximate surface area is 97.5 Å². The monoisotopic (exact) mass is 245 g/mol. The van der Waals surface area contributed by atoms with E-state index in [1.807, 2.05) is 0 Å². The van der Waals surface area contributed by atoms with Crippen LogP contribution in [0.2, 0.25) is 0 Å². The fraction of sp³-hybridized carbons (Fsp3) is 0.667. The first-order valence-corrected chi connectivity index (χ1v) is 5.08. The van der Waals surface area contributed by atoms with Crippen molar-refractivity contribution in [2.45, 2.75) is 18.5 Å². The van der Waals surface area contributed by atoms with Crippen LogP contribution in [0.5, 0.6) is 0 Å². The van der Waals surface area contributed by atoms with Crippen molar-refractivity contribution in [2.24, 2.45) is 11.5 Å². The predicted octanol–water partition coefficient (Wildman–Crippen LogP) is -2.50. The van der Waals surface area contributed by atoms with Crippen LogP contribution in [0.1, 0.15) is 6.42 Å². The van der Waals surface area contributed by atoms with E-state index in [4.69, 9.17) is 21.3 Å². The molecule has 2 unspecified atom stereocenters. The van der Waals surface area contributed by atoms with Gasteiger partial charge in [0.1, 0.15) is 6.04 Å². The number of rotatable bonds is 4. The maximum atomic E-state index is 11.8. The molecule has 0 aromatic rings. The number of carbonyl (C=O) groups is 3. The van der Waals surface area contributed by atoms with Crippen LogP contribution in [0.3, 0.4) is 0 Å². The Morgan fingerprint density at radius 1 is 1.47 bits per heavy atom. The average Bonchev–Trinajstić information content (AvgIpc) is 2.27. The summed E-state index contributed by atoms with van der Waals surface area (Å²) in [5.41, 5.74) is 10.6. The third kappa shape index (κ3) is 3.40. The van der Waals surface area contributed by atoms with Crippen LogP contribution in [0, 0.1) is 0 Å². The van der Waals surface area contributed by atoms with E-state index in [1.54, 1.807) is 0 Å². The summed E-state index contributed by atoms with van der Waals surface area (Å²) >= 11 is 0. The molecule has 0 aromatic heterocycles. The Morgan fingerprint density at radius 3 is 2.65 bits per heavy atom. The number of carboxylic acid groups (broad SMARTS) is 1. The summed E-state index contributed by atoms with van der Waals surface area (Å²) in [7, 11) is 0. The molecule has 96 valence electrons. The van der Waals surface area contributed by atoms with Crippen molar-refractivity contribution in [3.8, 4) is 0 Å². The fourth-order valence-corrected chi connectivity index (χ4v) is 1.59. The molecule has 8 nitrogen and oxygen atoms in total. The third-order valence-corrected chi connectivity index (χ3v) is 2.45. The van der Waals surface area contributed by atoms with Gasteiger partial charge in [-0.3, -0.25) is 14.4 Å². The lowest BCUT2D eigenvalue weighted by Crippen LogP contribution is -2.58. The number of morpholine rings is 1. The second kappa shape index (κ2) is 5.60. The topological polar surface area (TPSA) is 136 Å². The Morgan fingerprint density at radius 2 is 2.12 bits per heavy atom. The first kappa shape index (κ1) is 13.4. The molecule has 1 saturated heterocycles. The number of amides is 2. The Balaban J connectivity index is 2.70. The fourth-order valence-electron chi connectivity index (χ4n) is 1.59. The molecule has 5 N–H and O–H groups in total. The molecule has 1 rings (SSSR count). The highest BCUT2D eigenvalue weighted by atomic mass is 16.5. The van der Waals surface area contributed by atoms with Crippen molar-refractivity contribution in [1.82, 2.24) is 4.90 Å². The molecule has 1 aliphatic rings. The third-order valence-electron chi connectivity index (χ3n) is 2.45. The van der Waals surface area contributed by atoms with Crippen LogP contribution in [-0.4, -0.2) is 59.6 Å². The minimum absolute atomic E-state index is 0.0147. The highest BCUT2D eigenvalue weighted by Crippen LogP contribution is 2.09. The molecule has 1 heterocycles. The van der Waals surface area contributed by atoms with E-state index in [0.717, 1.165) is 0 Å². The molecule has 8 heteroatoms. The van der Waals surface area contributed by atoms with E-state index in [0.29, 0.717) is 0 Å². The second-order valence-corrected chi connectivity index (χ2v) is 3.73. The summed E-state index contributed by atoms with van der Waals surface area (Å²) in [5.74, 6) is -2.46. The van der Waals surface area contributed by atoms with Gasteiger partial charge >= 0.3 is 5.97 Å². The summed E-state index contributed by atoms with van der Waals surface area (Å²) in [6, 6.07) is -2.05. The normalized spacial score (nSPS) is 21.9. The van der Waals surface area contributed by atoms with Crippen molar-refractivity contribution in [2.75, 3.05) is 19.8 Å². The Hall–Kier alpha value is -1.67. The quantitative estimate of drug-likeness (QED) is 0.501. The molecule has 0 aromatic carbocycles. The lowest BCUT2D eigenvalue weighted by molar-refractivity contribution is -0.150. The van der Waals surface area contributed by atoms with Gasteiger partial charge in [0.25, 0.3) is 0 Å². The summed E-state index contributed by atoms with van der Waals surface area (Å²) in [4.78, 5) is 34.6. The number of nitrogens with zero attached hydrogens (tertiary/aromatic N) is 1. The molecule has 2 amide bonds. The number of ether oxygens (including phenoxy) is 1. The number of carboxylic acids is 1. The standard InChI is InChI=1S/C9H15N3O5/c10-5(3-7(13)14)9(16)12-1-2-17-4-6(12)8(11)15/h5-6H,1-4,10H2,(H2,11,15)(H,13,14). The molecule has 1 aliphatic heterocycles. The highest BCUT2D eigenvalue weighted by Gasteiger charge is 2.34. The lowest BCUT2D eigenvalue weighted by atomic mass is 10.1. The van der Waals surface area contributed by atoms with E-state index in [9.17, 15) is 14.4 Å². The first-order valence-electron chi connectivity index (χ1n) is 5.08. The van der Waals surface area contributed by atoms with Gasteiger partial charge in [0.15, 0.2) is 0 Å². The number of aliphatic carboxylic acids is 1. The molecule has 0 aliphatic carbocycles. The van der Waals surface area contributed by atoms with Crippen LogP contribution >= 0.6 is 0 Å². The van der Waals surface area contributed by atoms with Gasteiger partial charge in [-0.1, -0.05) is 0 Å². The lowest BCUT2D eigenvalue weighted by Gasteiger charge is -2.34. The van der Waals surface area contributed by atoms with Gasteiger partial charge in [-0.05, 0) is 0 Å². The van der Waals surface area contributed by atoms with Gasteiger partial charge in [0.05, 0.1) is 25.7 Å². The number of primary amides is 1. The van der Waals surface area contributed by atoms with Crippen LogP contribution in [-0.2, 0) is 19.1 Å². The molecular formula is C9H15N3O5. The van der Waals surface area contributed by atoms with Crippen LogP contribution in [0.15, 0.2) is 0 Å². The molecule has 0 radical (unpaired) electrons. The first-order chi connectivity index (χ1) is 7.93. The number of hydrogen-bond acceptors (Lipinski definition) is 5. The van der Waals surface area contributed by atoms with Crippen LogP contribution in [0.25, 0.3) is 0 Å². The van der Waals surface area contributed by atoms with E-state index < -0.39 is 36.3 Å². The van der Waals surface area contributed by atoms with Gasteiger partial charge in [0, 0.05) is 6.54 Å². The average molecular weight is 245 g/mol. The molecular weight excluding hydrogens is 230 g/mol. The van der Waals surface area contributed by atoms with E-state index in [2.05, 4.69) is 0 Å². The molecule has 0 saturated carbocycles. The number of nitrogens with two attached hydrogens (primary N) is 2. The number of carbonyl (C=O) groups excluding carboxylic acids is 2. The van der Waals surface area contributed by atoms with Gasteiger partial charge in [-0.2, -0.15) is 0 Å². The summed E-state index contributed by atoms with van der Waals surface area (Å²) in [6.07, 6.45) is -0.484. The molecule has 17 heavy (non-hydrogen) atoms. The SMILES string of the molecule is NC(=O)C1COCCN1C(=O)C(N)CC(=O)O. The summed E-state index contributed by atoms with van der Waals surface area (Å²) in [6.45, 7) is 0.468. The van der Waals surface area contributed by atoms with Crippen molar-refractivity contribution >= 4 is 17.8 Å². The van der Waals surface area contributed by atoms with Gasteiger partial charge in [-0.15, -0.1) is 0 Å². The molecule has 0 spiro atoms. The van der Waals surface area contributed by atoms with Gasteiger partial charge in [-0.25, -0.2) is 0 Å². The van der Waals surface area contributed by atoms with E-state index >= 15 is 0 Å². The Kier molecular flexibility index (Phi) is 4.41. The summed E-state index contributed by atoms with van der Waals surface area (Å²) < 4.78 is 5.03. The minimum Gasteiger partial charge on any atom is -0.481 e. The van der Waals surface area contributed by atoms with Crippen molar-refractivity contribution in [3.05, 3.63) is 0 Å². The molecule has 1 fully saturated rings. The zero-order valence-corrected chi connectivity index (χ0v) is 9.17. The highest BCUT2D eigenvalue weighted by molar-refractivity contribution is 5.91. The van der Waals surface area contributed by atoms with Crippen molar-refractivity contribution in [3.63, 3.8) is 0 Å².